The summed E-state index contributed by atoms with van der Waals surface area (Å²) < 4.78 is 0. The van der Waals surface area contributed by atoms with E-state index in [9.17, 15) is 14.7 Å². The number of carbonyl (C=O) groups excluding carboxylic acids is 2. The second kappa shape index (κ2) is 5.19. The van der Waals surface area contributed by atoms with E-state index in [2.05, 4.69) is 4.98 Å². The number of ketones is 1. The van der Waals surface area contributed by atoms with Crippen LogP contribution in [0.2, 0.25) is 0 Å². The molecule has 0 fully saturated rings. The van der Waals surface area contributed by atoms with Gasteiger partial charge in [-0.15, -0.1) is 0 Å². The molecule has 6 heteroatoms. The zero-order chi connectivity index (χ0) is 14.0. The van der Waals surface area contributed by atoms with E-state index in [1.807, 2.05) is 0 Å². The maximum atomic E-state index is 11.9. The molecule has 1 aromatic heterocycles. The summed E-state index contributed by atoms with van der Waals surface area (Å²) in [6, 6.07) is 2.71. The number of hydrogen-bond acceptors (Lipinski definition) is 5. The number of Topliss-reactive ketones (excluding diaryl/α,β-unsaturated/α-hetero) is 1. The first-order chi connectivity index (χ1) is 9.07. The molecule has 2 N–H and O–H groups in total. The van der Waals surface area contributed by atoms with E-state index in [0.29, 0.717) is 5.56 Å². The third-order valence-corrected chi connectivity index (χ3v) is 3.02. The van der Waals surface area contributed by atoms with Crippen LogP contribution in [-0.4, -0.2) is 44.9 Å². The molecule has 19 heavy (non-hydrogen) atoms. The largest absolute Gasteiger partial charge is 0.503 e. The Labute approximate surface area is 110 Å². The minimum Gasteiger partial charge on any atom is -0.503 e. The number of hydrogen-bond donors (Lipinski definition) is 2. The van der Waals surface area contributed by atoms with Crippen molar-refractivity contribution in [2.75, 3.05) is 13.2 Å². The summed E-state index contributed by atoms with van der Waals surface area (Å²) in [6.07, 6.45) is 3.11. The van der Waals surface area contributed by atoms with Crippen LogP contribution in [0.1, 0.15) is 18.5 Å². The first-order valence-electron chi connectivity index (χ1n) is 5.83. The van der Waals surface area contributed by atoms with Gasteiger partial charge in [-0.05, 0) is 18.6 Å². The van der Waals surface area contributed by atoms with Gasteiger partial charge in [0, 0.05) is 18.9 Å². The van der Waals surface area contributed by atoms with Crippen molar-refractivity contribution >= 4 is 11.7 Å². The average Bonchev–Trinajstić information content (AvgIpc) is 2.65. The Balaban J connectivity index is 2.51. The van der Waals surface area contributed by atoms with Gasteiger partial charge in [-0.3, -0.25) is 14.6 Å². The first-order valence-corrected chi connectivity index (χ1v) is 5.83. The zero-order valence-electron chi connectivity index (χ0n) is 10.4. The Morgan fingerprint density at radius 1 is 1.53 bits per heavy atom. The normalized spacial score (nSPS) is 19.2. The number of nitrogens with zero attached hydrogens (tertiary/aromatic N) is 2. The smallest absolute Gasteiger partial charge is 0.290 e. The second-order valence-corrected chi connectivity index (χ2v) is 4.23. The van der Waals surface area contributed by atoms with E-state index in [4.69, 9.17) is 5.11 Å². The van der Waals surface area contributed by atoms with Gasteiger partial charge in [0.2, 0.25) is 0 Å². The van der Waals surface area contributed by atoms with E-state index < -0.39 is 17.7 Å². The molecule has 1 aliphatic rings. The van der Waals surface area contributed by atoms with Crippen LogP contribution in [-0.2, 0) is 9.59 Å². The number of aromatic nitrogens is 1. The maximum Gasteiger partial charge on any atom is 0.290 e. The lowest BCUT2D eigenvalue weighted by Crippen LogP contribution is -2.33. The highest BCUT2D eigenvalue weighted by Crippen LogP contribution is 2.36. The molecule has 1 atom stereocenters. The fourth-order valence-corrected chi connectivity index (χ4v) is 2.24. The molecule has 6 nitrogen and oxygen atoms in total. The van der Waals surface area contributed by atoms with Crippen molar-refractivity contribution in [1.82, 2.24) is 9.88 Å². The lowest BCUT2D eigenvalue weighted by atomic mass is 9.98. The predicted octanol–water partition coefficient (Wildman–Crippen LogP) is 0.358. The van der Waals surface area contributed by atoms with Crippen molar-refractivity contribution in [3.05, 3.63) is 41.4 Å². The van der Waals surface area contributed by atoms with Crippen LogP contribution in [0.3, 0.4) is 0 Å². The molecule has 0 radical (unpaired) electrons. The molecule has 1 aromatic rings. The second-order valence-electron chi connectivity index (χ2n) is 4.23. The average molecular weight is 262 g/mol. The highest BCUT2D eigenvalue weighted by atomic mass is 16.3. The Morgan fingerprint density at radius 3 is 2.79 bits per heavy atom. The standard InChI is InChI=1S/C13H14N2O4/c1-8(17)10-11(9-3-2-4-14-7-9)15(5-6-16)13(19)12(10)18/h2-4,7,11,16,18H,5-6H2,1H3/t11-/m0/s1. The molecule has 0 saturated heterocycles. The van der Waals surface area contributed by atoms with E-state index in [1.54, 1.807) is 18.3 Å². The van der Waals surface area contributed by atoms with Gasteiger partial charge >= 0.3 is 0 Å². The summed E-state index contributed by atoms with van der Waals surface area (Å²) >= 11 is 0. The molecule has 0 bridgehead atoms. The van der Waals surface area contributed by atoms with Crippen molar-refractivity contribution in [1.29, 1.82) is 0 Å². The third-order valence-electron chi connectivity index (χ3n) is 3.02. The molecule has 0 unspecified atom stereocenters. The Bertz CT molecular complexity index is 539. The highest BCUT2D eigenvalue weighted by Gasteiger charge is 2.41. The van der Waals surface area contributed by atoms with Gasteiger partial charge in [0.25, 0.3) is 5.91 Å². The predicted molar refractivity (Wildman–Crippen MR) is 66.1 cm³/mol. The number of carbonyl (C=O) groups is 2. The van der Waals surface area contributed by atoms with E-state index in [0.717, 1.165) is 0 Å². The van der Waals surface area contributed by atoms with Gasteiger partial charge in [-0.1, -0.05) is 6.07 Å². The van der Waals surface area contributed by atoms with Crippen molar-refractivity contribution in [3.8, 4) is 0 Å². The molecule has 2 rings (SSSR count). The molecule has 1 aliphatic heterocycles. The molecule has 0 spiro atoms. The number of β-amino-alcohol motifs (C(OH)–C–C–N with tert-alkyl or cyclic N) is 1. The topological polar surface area (TPSA) is 90.7 Å². The van der Waals surface area contributed by atoms with Gasteiger partial charge in [0.05, 0.1) is 18.2 Å². The van der Waals surface area contributed by atoms with Gasteiger partial charge in [0.1, 0.15) is 0 Å². The molecule has 2 heterocycles. The minimum atomic E-state index is -0.689. The fourth-order valence-electron chi connectivity index (χ4n) is 2.24. The van der Waals surface area contributed by atoms with E-state index in [1.165, 1.54) is 18.0 Å². The molecule has 0 aliphatic carbocycles. The summed E-state index contributed by atoms with van der Waals surface area (Å²) in [5, 5.41) is 18.8. The highest BCUT2D eigenvalue weighted by molar-refractivity contribution is 6.08. The molecule has 100 valence electrons. The number of aliphatic hydroxyl groups excluding tert-OH is 2. The van der Waals surface area contributed by atoms with Crippen molar-refractivity contribution in [2.24, 2.45) is 0 Å². The molecular weight excluding hydrogens is 248 g/mol. The number of aliphatic hydroxyl groups is 2. The zero-order valence-corrected chi connectivity index (χ0v) is 10.4. The summed E-state index contributed by atoms with van der Waals surface area (Å²) in [5.41, 5.74) is 0.671. The van der Waals surface area contributed by atoms with Crippen LogP contribution in [0.4, 0.5) is 0 Å². The van der Waals surface area contributed by atoms with Gasteiger partial charge < -0.3 is 15.1 Å². The lowest BCUT2D eigenvalue weighted by molar-refractivity contribution is -0.129. The summed E-state index contributed by atoms with van der Waals surface area (Å²) in [7, 11) is 0. The molecule has 0 aromatic carbocycles. The summed E-state index contributed by atoms with van der Waals surface area (Å²) in [4.78, 5) is 28.8. The quantitative estimate of drug-likeness (QED) is 0.817. The number of pyridine rings is 1. The monoisotopic (exact) mass is 262 g/mol. The Hall–Kier alpha value is -2.21. The van der Waals surface area contributed by atoms with Gasteiger partial charge in [-0.2, -0.15) is 0 Å². The number of rotatable bonds is 4. The van der Waals surface area contributed by atoms with Crippen LogP contribution < -0.4 is 0 Å². The fraction of sp³-hybridized carbons (Fsp3) is 0.308. The van der Waals surface area contributed by atoms with Crippen LogP contribution in [0.25, 0.3) is 0 Å². The van der Waals surface area contributed by atoms with E-state index in [-0.39, 0.29) is 24.5 Å². The summed E-state index contributed by atoms with van der Waals surface area (Å²) in [6.45, 7) is 1.09. The molecule has 1 amide bonds. The van der Waals surface area contributed by atoms with E-state index >= 15 is 0 Å². The Kier molecular flexibility index (Phi) is 3.62. The van der Waals surface area contributed by atoms with Gasteiger partial charge in [0.15, 0.2) is 11.5 Å². The maximum absolute atomic E-state index is 11.9. The van der Waals surface area contributed by atoms with Crippen LogP contribution in [0, 0.1) is 0 Å². The third kappa shape index (κ3) is 2.22. The van der Waals surface area contributed by atoms with Gasteiger partial charge in [-0.25, -0.2) is 0 Å². The SMILES string of the molecule is CC(=O)C1=C(O)C(=O)N(CCO)[C@H]1c1cccnc1. The van der Waals surface area contributed by atoms with Crippen molar-refractivity contribution in [2.45, 2.75) is 13.0 Å². The first kappa shape index (κ1) is 13.2. The molecular formula is C13H14N2O4. The summed E-state index contributed by atoms with van der Waals surface area (Å²) in [5.74, 6) is -1.57. The van der Waals surface area contributed by atoms with Crippen molar-refractivity contribution < 1.29 is 19.8 Å². The number of amides is 1. The molecule has 0 saturated carbocycles. The van der Waals surface area contributed by atoms with Crippen LogP contribution in [0.15, 0.2) is 35.9 Å². The van der Waals surface area contributed by atoms with Crippen LogP contribution >= 0.6 is 0 Å². The van der Waals surface area contributed by atoms with Crippen LogP contribution in [0.5, 0.6) is 0 Å². The Morgan fingerprint density at radius 2 is 2.26 bits per heavy atom. The van der Waals surface area contributed by atoms with Crippen molar-refractivity contribution in [3.63, 3.8) is 0 Å². The minimum absolute atomic E-state index is 0.0409. The lowest BCUT2D eigenvalue weighted by Gasteiger charge is -2.25.